The van der Waals surface area contributed by atoms with Gasteiger partial charge in [0, 0.05) is 57.6 Å². The summed E-state index contributed by atoms with van der Waals surface area (Å²) in [6.07, 6.45) is 0.0305. The second-order valence-corrected chi connectivity index (χ2v) is 9.60. The third-order valence-electron chi connectivity index (χ3n) is 5.41. The van der Waals surface area contributed by atoms with E-state index in [0.717, 1.165) is 40.5 Å². The van der Waals surface area contributed by atoms with E-state index in [1.807, 2.05) is 10.4 Å². The maximum atomic E-state index is 13.7. The van der Waals surface area contributed by atoms with E-state index in [1.54, 1.807) is 31.8 Å². The summed E-state index contributed by atoms with van der Waals surface area (Å²) in [5, 5.41) is 2.64. The molecule has 1 unspecified atom stereocenters. The lowest BCUT2D eigenvalue weighted by atomic mass is 10.0. The first-order chi connectivity index (χ1) is 16.3. The van der Waals surface area contributed by atoms with Crippen LogP contribution in [0.5, 0.6) is 0 Å². The number of hydrogen-bond acceptors (Lipinski definition) is 7. The molecule has 1 fully saturated rings. The predicted molar refractivity (Wildman–Crippen MR) is 129 cm³/mol. The molecule has 0 aliphatic carbocycles. The average molecular weight is 508 g/mol. The van der Waals surface area contributed by atoms with Crippen LogP contribution < -0.4 is 14.9 Å². The Bertz CT molecular complexity index is 1170. The van der Waals surface area contributed by atoms with Gasteiger partial charge in [-0.25, -0.2) is 22.9 Å². The second-order valence-electron chi connectivity index (χ2n) is 7.81. The summed E-state index contributed by atoms with van der Waals surface area (Å²) in [6.45, 7) is 1.32. The predicted octanol–water partition coefficient (Wildman–Crippen LogP) is 3.34. The number of amides is 3. The number of hydrogen-bond donors (Lipinski definition) is 2. The number of nitrogens with one attached hydrogen (secondary N) is 2. The molecule has 3 aromatic rings. The fourth-order valence-electron chi connectivity index (χ4n) is 3.50. The van der Waals surface area contributed by atoms with Gasteiger partial charge in [0.2, 0.25) is 5.91 Å². The summed E-state index contributed by atoms with van der Waals surface area (Å²) in [7, 11) is 3.20. The van der Waals surface area contributed by atoms with Crippen molar-refractivity contribution in [3.63, 3.8) is 0 Å². The number of carbonyl (C=O) groups excluding carboxylic acids is 2. The van der Waals surface area contributed by atoms with Crippen LogP contribution in [0.1, 0.15) is 5.56 Å². The van der Waals surface area contributed by atoms with Crippen molar-refractivity contribution in [2.24, 2.45) is 0 Å². The zero-order valence-electron chi connectivity index (χ0n) is 18.5. The smallest absolute Gasteiger partial charge is 0.326 e. The zero-order valence-corrected chi connectivity index (χ0v) is 20.1. The molecule has 180 valence electrons. The molecule has 0 spiro atoms. The third-order valence-corrected chi connectivity index (χ3v) is 7.06. The van der Waals surface area contributed by atoms with Crippen molar-refractivity contribution in [3.8, 4) is 0 Å². The number of rotatable bonds is 8. The van der Waals surface area contributed by atoms with Gasteiger partial charge in [-0.15, -0.1) is 11.3 Å². The average Bonchev–Trinajstić information content (AvgIpc) is 3.24. The number of ether oxygens (including phenoxy) is 1. The summed E-state index contributed by atoms with van der Waals surface area (Å²) in [5.74, 6) is -1.95. The normalized spacial score (nSPS) is 15.1. The molecule has 0 bridgehead atoms. The second kappa shape index (κ2) is 10.6. The minimum absolute atomic E-state index is 0.0929. The number of methoxy groups -OCH3 is 1. The lowest BCUT2D eigenvalue weighted by Crippen LogP contribution is -2.53. The molecule has 0 saturated carbocycles. The number of halogens is 2. The number of thiazole rings is 1. The highest BCUT2D eigenvalue weighted by Crippen LogP contribution is 2.24. The number of aromatic nitrogens is 1. The molecule has 2 aromatic carbocycles. The van der Waals surface area contributed by atoms with Gasteiger partial charge in [0.25, 0.3) is 0 Å². The molecule has 2 heterocycles. The van der Waals surface area contributed by atoms with Crippen molar-refractivity contribution < 1.29 is 23.1 Å². The Morgan fingerprint density at radius 3 is 2.71 bits per heavy atom. The van der Waals surface area contributed by atoms with Gasteiger partial charge in [0.15, 0.2) is 0 Å². The van der Waals surface area contributed by atoms with Gasteiger partial charge in [-0.2, -0.15) is 0 Å². The number of carbonyl (C=O) groups is 2. The molecule has 1 aliphatic rings. The number of fused-ring (bicyclic) bond motifs is 1. The molecule has 1 saturated heterocycles. The Balaban J connectivity index is 1.48. The molecule has 1 atom stereocenters. The Morgan fingerprint density at radius 2 is 2.00 bits per heavy atom. The largest absolute Gasteiger partial charge is 0.379 e. The van der Waals surface area contributed by atoms with Gasteiger partial charge in [-0.1, -0.05) is 0 Å². The molecule has 1 aromatic heterocycles. The molecule has 3 amide bonds. The first kappa shape index (κ1) is 24.3. The van der Waals surface area contributed by atoms with Gasteiger partial charge in [-0.05, 0) is 35.9 Å². The van der Waals surface area contributed by atoms with E-state index in [2.05, 4.69) is 15.0 Å². The molecule has 12 heteroatoms. The van der Waals surface area contributed by atoms with E-state index in [0.29, 0.717) is 18.8 Å². The van der Waals surface area contributed by atoms with Crippen LogP contribution in [0.15, 0.2) is 41.9 Å². The van der Waals surface area contributed by atoms with E-state index in [4.69, 9.17) is 4.74 Å². The minimum atomic E-state index is -1.07. The third kappa shape index (κ3) is 5.81. The molecule has 2 N–H and O–H groups in total. The van der Waals surface area contributed by atoms with Crippen LogP contribution in [-0.4, -0.2) is 60.6 Å². The highest BCUT2D eigenvalue weighted by Gasteiger charge is 2.29. The van der Waals surface area contributed by atoms with Crippen molar-refractivity contribution in [1.29, 1.82) is 0 Å². The van der Waals surface area contributed by atoms with Crippen LogP contribution in [0, 0.1) is 11.6 Å². The number of nitrogens with zero attached hydrogens (tertiary/aromatic N) is 3. The molecular weight excluding hydrogens is 484 g/mol. The van der Waals surface area contributed by atoms with Crippen molar-refractivity contribution in [2.75, 3.05) is 32.1 Å². The van der Waals surface area contributed by atoms with Gasteiger partial charge < -0.3 is 15.0 Å². The summed E-state index contributed by atoms with van der Waals surface area (Å²) in [4.78, 5) is 31.6. The van der Waals surface area contributed by atoms with Gasteiger partial charge in [0.1, 0.15) is 17.7 Å². The summed E-state index contributed by atoms with van der Waals surface area (Å²) in [6, 6.07) is 6.80. The fourth-order valence-corrected chi connectivity index (χ4v) is 4.91. The van der Waals surface area contributed by atoms with E-state index < -0.39 is 29.6 Å². The van der Waals surface area contributed by atoms with Crippen LogP contribution in [0.4, 0.5) is 19.3 Å². The molecule has 8 nitrogen and oxygen atoms in total. The summed E-state index contributed by atoms with van der Waals surface area (Å²) < 4.78 is 38.2. The zero-order chi connectivity index (χ0) is 24.2. The maximum Gasteiger partial charge on any atom is 0.326 e. The molecule has 1 aliphatic heterocycles. The first-order valence-corrected chi connectivity index (χ1v) is 12.0. The minimum Gasteiger partial charge on any atom is -0.379 e. The van der Waals surface area contributed by atoms with Crippen LogP contribution in [0.3, 0.4) is 0 Å². The van der Waals surface area contributed by atoms with Crippen molar-refractivity contribution >= 4 is 51.3 Å². The Kier molecular flexibility index (Phi) is 7.61. The number of benzene rings is 2. The highest BCUT2D eigenvalue weighted by atomic mass is 32.2. The molecule has 0 radical (unpaired) electrons. The van der Waals surface area contributed by atoms with Gasteiger partial charge in [-0.3, -0.25) is 9.52 Å². The summed E-state index contributed by atoms with van der Waals surface area (Å²) in [5.41, 5.74) is 3.30. The Labute approximate surface area is 203 Å². The van der Waals surface area contributed by atoms with Crippen molar-refractivity contribution in [3.05, 3.63) is 59.1 Å². The Morgan fingerprint density at radius 1 is 1.26 bits per heavy atom. The molecule has 4 rings (SSSR count). The van der Waals surface area contributed by atoms with Crippen LogP contribution in [0.2, 0.25) is 0 Å². The van der Waals surface area contributed by atoms with E-state index in [9.17, 15) is 18.4 Å². The molecular formula is C22H23F2N5O3S2. The summed E-state index contributed by atoms with van der Waals surface area (Å²) >= 11 is 2.59. The van der Waals surface area contributed by atoms with E-state index in [1.165, 1.54) is 16.2 Å². The van der Waals surface area contributed by atoms with Crippen LogP contribution in [0.25, 0.3) is 10.2 Å². The first-order valence-electron chi connectivity index (χ1n) is 10.4. The Hall–Kier alpha value is -2.80. The van der Waals surface area contributed by atoms with Crippen LogP contribution >= 0.6 is 23.5 Å². The van der Waals surface area contributed by atoms with E-state index in [-0.39, 0.29) is 18.1 Å². The number of urea groups is 1. The maximum absolute atomic E-state index is 13.7. The monoisotopic (exact) mass is 507 g/mol. The lowest BCUT2D eigenvalue weighted by Gasteiger charge is -2.36. The highest BCUT2D eigenvalue weighted by molar-refractivity contribution is 7.95. The van der Waals surface area contributed by atoms with Crippen LogP contribution in [-0.2, 0) is 16.0 Å². The lowest BCUT2D eigenvalue weighted by molar-refractivity contribution is -0.120. The quantitative estimate of drug-likeness (QED) is 0.455. The molecule has 34 heavy (non-hydrogen) atoms. The van der Waals surface area contributed by atoms with E-state index >= 15 is 0 Å². The van der Waals surface area contributed by atoms with Gasteiger partial charge >= 0.3 is 6.03 Å². The van der Waals surface area contributed by atoms with Gasteiger partial charge in [0.05, 0.1) is 21.8 Å². The van der Waals surface area contributed by atoms with Crippen molar-refractivity contribution in [2.45, 2.75) is 18.6 Å². The number of anilines is 1. The SMILES string of the molecule is COC1CN(SNC(=O)NC(Cc2cc(F)cc(F)c2)C(=O)N(C)c2ccc3scnc3c2)C1. The fraction of sp³-hybridized carbons (Fsp3) is 0.318. The number of likely N-dealkylation sites (N-methyl/N-ethyl adjacent to an activating group) is 1. The van der Waals surface area contributed by atoms with Crippen molar-refractivity contribution in [1.82, 2.24) is 19.3 Å². The topological polar surface area (TPSA) is 86.8 Å². The standard InChI is InChI=1S/C22H23F2N5O3S2/c1-28(16-3-4-20-18(9-16)25-12-33-20)21(30)19(7-13-5-14(23)8-15(24)6-13)26-22(31)27-34-29-10-17(11-29)32-2/h3-6,8-9,12,17,19H,7,10-11H2,1-2H3,(H2,26,27,31).